The molecule has 3 heterocycles. The van der Waals surface area contributed by atoms with Gasteiger partial charge in [-0.25, -0.2) is 4.98 Å². The van der Waals surface area contributed by atoms with Crippen molar-refractivity contribution < 1.29 is 0 Å². The van der Waals surface area contributed by atoms with Crippen molar-refractivity contribution in [3.8, 4) is 0 Å². The molecular formula is C14H21ClN4S2. The van der Waals surface area contributed by atoms with Gasteiger partial charge >= 0.3 is 0 Å². The maximum Gasteiger partial charge on any atom is 0.158 e. The standard InChI is InChI=1S/C14H21ClN4S2/c1-3-11-13-14(18(2)17-11)19(12(16-13)4-5-15)8-10-9-20-6-7-21-10/h10H,3-9H2,1-2H3. The van der Waals surface area contributed by atoms with Crippen LogP contribution in [-0.4, -0.2) is 47.7 Å². The molecule has 0 aromatic carbocycles. The van der Waals surface area contributed by atoms with Crippen LogP contribution < -0.4 is 0 Å². The molecule has 0 bridgehead atoms. The van der Waals surface area contributed by atoms with E-state index >= 15 is 0 Å². The Morgan fingerprint density at radius 2 is 2.24 bits per heavy atom. The summed E-state index contributed by atoms with van der Waals surface area (Å²) in [6.45, 7) is 3.15. The van der Waals surface area contributed by atoms with Crippen LogP contribution in [0, 0.1) is 0 Å². The largest absolute Gasteiger partial charge is 0.312 e. The lowest BCUT2D eigenvalue weighted by Gasteiger charge is -2.22. The number of thioether (sulfide) groups is 2. The Morgan fingerprint density at radius 1 is 1.38 bits per heavy atom. The van der Waals surface area contributed by atoms with Crippen molar-refractivity contribution >= 4 is 46.3 Å². The summed E-state index contributed by atoms with van der Waals surface area (Å²) in [6, 6.07) is 0. The Hall–Kier alpha value is -0.330. The topological polar surface area (TPSA) is 35.6 Å². The molecule has 7 heteroatoms. The van der Waals surface area contributed by atoms with Gasteiger partial charge < -0.3 is 4.57 Å². The summed E-state index contributed by atoms with van der Waals surface area (Å²) in [5, 5.41) is 5.27. The molecule has 0 aliphatic carbocycles. The number of halogens is 1. The second-order valence-corrected chi connectivity index (χ2v) is 8.18. The monoisotopic (exact) mass is 344 g/mol. The van der Waals surface area contributed by atoms with Crippen LogP contribution in [0.4, 0.5) is 0 Å². The van der Waals surface area contributed by atoms with E-state index < -0.39 is 0 Å². The highest BCUT2D eigenvalue weighted by atomic mass is 35.5. The lowest BCUT2D eigenvalue weighted by atomic mass is 10.3. The minimum absolute atomic E-state index is 0.616. The van der Waals surface area contributed by atoms with Crippen LogP contribution in [0.5, 0.6) is 0 Å². The first-order valence-corrected chi connectivity index (χ1v) is 10.1. The number of nitrogens with zero attached hydrogens (tertiary/aromatic N) is 4. The number of imidazole rings is 1. The van der Waals surface area contributed by atoms with E-state index in [1.165, 1.54) is 17.3 Å². The van der Waals surface area contributed by atoms with Crippen molar-refractivity contribution in [3.63, 3.8) is 0 Å². The van der Waals surface area contributed by atoms with Crippen LogP contribution >= 0.6 is 35.1 Å². The van der Waals surface area contributed by atoms with Crippen molar-refractivity contribution in [2.75, 3.05) is 23.1 Å². The molecule has 0 radical (unpaired) electrons. The molecule has 21 heavy (non-hydrogen) atoms. The summed E-state index contributed by atoms with van der Waals surface area (Å²) < 4.78 is 4.34. The van der Waals surface area contributed by atoms with Crippen molar-refractivity contribution in [1.82, 2.24) is 19.3 Å². The molecule has 1 aliphatic rings. The maximum atomic E-state index is 5.97. The number of alkyl halides is 1. The molecular weight excluding hydrogens is 324 g/mol. The lowest BCUT2D eigenvalue weighted by Crippen LogP contribution is -2.22. The third kappa shape index (κ3) is 3.08. The van der Waals surface area contributed by atoms with Crippen LogP contribution in [0.1, 0.15) is 18.4 Å². The highest BCUT2D eigenvalue weighted by Gasteiger charge is 2.22. The minimum atomic E-state index is 0.616. The number of fused-ring (bicyclic) bond motifs is 1. The van der Waals surface area contributed by atoms with Gasteiger partial charge in [0, 0.05) is 48.4 Å². The zero-order valence-electron chi connectivity index (χ0n) is 12.5. The summed E-state index contributed by atoms with van der Waals surface area (Å²) in [5.41, 5.74) is 3.31. The minimum Gasteiger partial charge on any atom is -0.312 e. The van der Waals surface area contributed by atoms with Gasteiger partial charge in [-0.05, 0) is 6.42 Å². The highest BCUT2D eigenvalue weighted by molar-refractivity contribution is 8.06. The Bertz CT molecular complexity index is 616. The van der Waals surface area contributed by atoms with Crippen LogP contribution in [0.15, 0.2) is 0 Å². The molecule has 3 rings (SSSR count). The predicted molar refractivity (Wildman–Crippen MR) is 93.9 cm³/mol. The van der Waals surface area contributed by atoms with Gasteiger partial charge in [0.15, 0.2) is 5.65 Å². The van der Waals surface area contributed by atoms with Crippen molar-refractivity contribution in [2.24, 2.45) is 7.05 Å². The van der Waals surface area contributed by atoms with E-state index in [0.29, 0.717) is 11.1 Å². The van der Waals surface area contributed by atoms with Crippen molar-refractivity contribution in [2.45, 2.75) is 31.6 Å². The van der Waals surface area contributed by atoms with Crippen LogP contribution in [0.25, 0.3) is 11.2 Å². The van der Waals surface area contributed by atoms with Gasteiger partial charge in [0.2, 0.25) is 0 Å². The molecule has 1 aliphatic heterocycles. The van der Waals surface area contributed by atoms with E-state index in [0.717, 1.165) is 42.1 Å². The van der Waals surface area contributed by atoms with Crippen molar-refractivity contribution in [3.05, 3.63) is 11.5 Å². The third-order valence-electron chi connectivity index (χ3n) is 3.79. The molecule has 0 saturated carbocycles. The van der Waals surface area contributed by atoms with E-state index in [1.54, 1.807) is 0 Å². The second kappa shape index (κ2) is 6.84. The third-order valence-corrected chi connectivity index (χ3v) is 6.81. The SMILES string of the molecule is CCc1nn(C)c2c1nc(CCCl)n2CC1CSCCS1. The Morgan fingerprint density at radius 3 is 2.90 bits per heavy atom. The normalized spacial score (nSPS) is 19.5. The Labute approximate surface area is 139 Å². The first-order valence-electron chi connectivity index (χ1n) is 7.40. The number of rotatable bonds is 5. The molecule has 1 unspecified atom stereocenters. The second-order valence-electron chi connectivity index (χ2n) is 5.24. The van der Waals surface area contributed by atoms with Crippen LogP contribution in [0.2, 0.25) is 0 Å². The fourth-order valence-corrected chi connectivity index (χ4v) is 5.66. The highest BCUT2D eigenvalue weighted by Crippen LogP contribution is 2.28. The zero-order valence-corrected chi connectivity index (χ0v) is 14.9. The number of hydrogen-bond acceptors (Lipinski definition) is 4. The molecule has 116 valence electrons. The van der Waals surface area contributed by atoms with Crippen LogP contribution in [-0.2, 0) is 26.4 Å². The van der Waals surface area contributed by atoms with E-state index in [1.807, 2.05) is 11.7 Å². The van der Waals surface area contributed by atoms with E-state index in [9.17, 15) is 0 Å². The van der Waals surface area contributed by atoms with Gasteiger partial charge in [-0.15, -0.1) is 11.6 Å². The molecule has 1 fully saturated rings. The molecule has 2 aromatic heterocycles. The molecule has 1 saturated heterocycles. The molecule has 2 aromatic rings. The first-order chi connectivity index (χ1) is 10.2. The van der Waals surface area contributed by atoms with Gasteiger partial charge in [-0.2, -0.15) is 28.6 Å². The van der Waals surface area contributed by atoms with Gasteiger partial charge in [-0.1, -0.05) is 6.92 Å². The zero-order chi connectivity index (χ0) is 14.8. The summed E-state index contributed by atoms with van der Waals surface area (Å²) in [7, 11) is 2.02. The first kappa shape index (κ1) is 15.6. The fraction of sp³-hybridized carbons (Fsp3) is 0.714. The van der Waals surface area contributed by atoms with Gasteiger partial charge in [0.25, 0.3) is 0 Å². The Balaban J connectivity index is 2.00. The summed E-state index contributed by atoms with van der Waals surface area (Å²) >= 11 is 10.1. The molecule has 0 N–H and O–H groups in total. The van der Waals surface area contributed by atoms with Gasteiger partial charge in [-0.3, -0.25) is 4.68 Å². The predicted octanol–water partition coefficient (Wildman–Crippen LogP) is 2.96. The molecule has 0 spiro atoms. The average molecular weight is 345 g/mol. The molecule has 4 nitrogen and oxygen atoms in total. The summed E-state index contributed by atoms with van der Waals surface area (Å²) in [5.74, 6) is 5.48. The van der Waals surface area contributed by atoms with E-state index in [-0.39, 0.29) is 0 Å². The number of hydrogen-bond donors (Lipinski definition) is 0. The fourth-order valence-electron chi connectivity index (χ4n) is 2.84. The van der Waals surface area contributed by atoms with Crippen molar-refractivity contribution in [1.29, 1.82) is 0 Å². The molecule has 1 atom stereocenters. The lowest BCUT2D eigenvalue weighted by molar-refractivity contribution is 0.640. The molecule has 0 amide bonds. The average Bonchev–Trinajstić information content (AvgIpc) is 2.99. The van der Waals surface area contributed by atoms with E-state index in [2.05, 4.69) is 40.1 Å². The smallest absolute Gasteiger partial charge is 0.158 e. The maximum absolute atomic E-state index is 5.97. The van der Waals surface area contributed by atoms with Gasteiger partial charge in [0.1, 0.15) is 11.3 Å². The van der Waals surface area contributed by atoms with Crippen LogP contribution in [0.3, 0.4) is 0 Å². The quantitative estimate of drug-likeness (QED) is 0.781. The van der Waals surface area contributed by atoms with E-state index in [4.69, 9.17) is 16.6 Å². The summed E-state index contributed by atoms with van der Waals surface area (Å²) in [6.07, 6.45) is 1.74. The number of aromatic nitrogens is 4. The number of aryl methyl sites for hydroxylation is 3. The summed E-state index contributed by atoms with van der Waals surface area (Å²) in [4.78, 5) is 4.84. The van der Waals surface area contributed by atoms with Gasteiger partial charge in [0.05, 0.1) is 5.69 Å². The Kier molecular flexibility index (Phi) is 5.07.